The molecule has 2 aromatic rings. The smallest absolute Gasteiger partial charge is 0.277 e. The van der Waals surface area contributed by atoms with Gasteiger partial charge in [0.2, 0.25) is 5.88 Å². The maximum atomic E-state index is 11.3. The van der Waals surface area contributed by atoms with E-state index in [-0.39, 0.29) is 11.6 Å². The summed E-state index contributed by atoms with van der Waals surface area (Å²) in [5.41, 5.74) is 12.2. The molecule has 17 heavy (non-hydrogen) atoms. The van der Waals surface area contributed by atoms with Crippen LogP contribution in [0.1, 0.15) is 5.56 Å². The minimum atomic E-state index is -0.443. The number of anilines is 2. The third kappa shape index (κ3) is 2.20. The largest absolute Gasteiger partial charge is 0.435 e. The summed E-state index contributed by atoms with van der Waals surface area (Å²) in [5, 5.41) is 0. The highest BCUT2D eigenvalue weighted by molar-refractivity contribution is 5.57. The molecule has 1 aromatic carbocycles. The molecule has 0 spiro atoms. The molecular weight excluding hydrogens is 220 g/mol. The normalized spacial score (nSPS) is 10.2. The first-order valence-electron chi connectivity index (χ1n) is 4.95. The average molecular weight is 232 g/mol. The Kier molecular flexibility index (Phi) is 2.70. The summed E-state index contributed by atoms with van der Waals surface area (Å²) in [7, 11) is 0. The molecule has 0 atom stereocenters. The lowest BCUT2D eigenvalue weighted by atomic mass is 10.2. The number of nitrogens with one attached hydrogen (secondary N) is 1. The Labute approximate surface area is 97.2 Å². The number of H-pyrrole nitrogens is 1. The highest BCUT2D eigenvalue weighted by Crippen LogP contribution is 2.28. The van der Waals surface area contributed by atoms with E-state index in [0.29, 0.717) is 11.4 Å². The molecule has 1 heterocycles. The minimum absolute atomic E-state index is 0.0473. The molecule has 88 valence electrons. The van der Waals surface area contributed by atoms with Crippen molar-refractivity contribution in [3.8, 4) is 11.6 Å². The fraction of sp³-hybridized carbons (Fsp3) is 0.0909. The molecule has 6 nitrogen and oxygen atoms in total. The van der Waals surface area contributed by atoms with Gasteiger partial charge in [0, 0.05) is 0 Å². The van der Waals surface area contributed by atoms with Crippen LogP contribution in [0.25, 0.3) is 0 Å². The number of aromatic amines is 1. The van der Waals surface area contributed by atoms with E-state index in [0.717, 1.165) is 5.56 Å². The molecule has 0 fully saturated rings. The number of ether oxygens (including phenoxy) is 1. The fourth-order valence-corrected chi connectivity index (χ4v) is 1.31. The van der Waals surface area contributed by atoms with Crippen molar-refractivity contribution in [2.75, 3.05) is 11.5 Å². The van der Waals surface area contributed by atoms with Crippen LogP contribution in [-0.4, -0.2) is 9.97 Å². The Morgan fingerprint density at radius 2 is 2.12 bits per heavy atom. The minimum Gasteiger partial charge on any atom is -0.435 e. The first-order valence-corrected chi connectivity index (χ1v) is 4.95. The zero-order chi connectivity index (χ0) is 12.4. The second-order valence-electron chi connectivity index (χ2n) is 3.59. The van der Waals surface area contributed by atoms with Crippen LogP contribution in [0.2, 0.25) is 0 Å². The average Bonchev–Trinajstić information content (AvgIpc) is 2.30. The van der Waals surface area contributed by atoms with E-state index in [1.165, 1.54) is 6.33 Å². The summed E-state index contributed by atoms with van der Waals surface area (Å²) in [4.78, 5) is 17.4. The van der Waals surface area contributed by atoms with Crippen molar-refractivity contribution in [1.29, 1.82) is 0 Å². The lowest BCUT2D eigenvalue weighted by Gasteiger charge is -2.09. The van der Waals surface area contributed by atoms with Gasteiger partial charge in [0.05, 0.1) is 12.0 Å². The number of hydrogen-bond donors (Lipinski definition) is 3. The molecule has 0 saturated heterocycles. The van der Waals surface area contributed by atoms with Gasteiger partial charge in [-0.3, -0.25) is 4.79 Å². The number of hydrogen-bond acceptors (Lipinski definition) is 5. The van der Waals surface area contributed by atoms with Gasteiger partial charge in [-0.05, 0) is 24.6 Å². The van der Waals surface area contributed by atoms with Crippen molar-refractivity contribution >= 4 is 11.4 Å². The first-order chi connectivity index (χ1) is 8.08. The maximum Gasteiger partial charge on any atom is 0.277 e. The Morgan fingerprint density at radius 3 is 2.88 bits per heavy atom. The van der Waals surface area contributed by atoms with E-state index in [9.17, 15) is 4.79 Å². The standard InChI is InChI=1S/C11H12N4O2/c1-6-2-3-7(12)8(4-6)17-11-9(13)10(16)14-5-15-11/h2-5H,12-13H2,1H3,(H,14,15,16). The van der Waals surface area contributed by atoms with Gasteiger partial charge in [0.15, 0.2) is 11.4 Å². The van der Waals surface area contributed by atoms with Crippen molar-refractivity contribution in [2.24, 2.45) is 0 Å². The molecule has 5 N–H and O–H groups in total. The van der Waals surface area contributed by atoms with Crippen LogP contribution in [0.15, 0.2) is 29.3 Å². The van der Waals surface area contributed by atoms with E-state index in [2.05, 4.69) is 9.97 Å². The summed E-state index contributed by atoms with van der Waals surface area (Å²) >= 11 is 0. The molecule has 0 radical (unpaired) electrons. The molecule has 2 rings (SSSR count). The Morgan fingerprint density at radius 1 is 1.35 bits per heavy atom. The number of nitrogens with zero attached hydrogens (tertiary/aromatic N) is 1. The van der Waals surface area contributed by atoms with Gasteiger partial charge in [0.25, 0.3) is 5.56 Å². The van der Waals surface area contributed by atoms with Crippen LogP contribution in [0, 0.1) is 6.92 Å². The van der Waals surface area contributed by atoms with Crippen LogP contribution in [0.3, 0.4) is 0 Å². The number of benzene rings is 1. The highest BCUT2D eigenvalue weighted by atomic mass is 16.5. The van der Waals surface area contributed by atoms with Crippen molar-refractivity contribution in [3.63, 3.8) is 0 Å². The van der Waals surface area contributed by atoms with Crippen molar-refractivity contribution in [3.05, 3.63) is 40.4 Å². The van der Waals surface area contributed by atoms with Crippen molar-refractivity contribution < 1.29 is 4.74 Å². The Bertz CT molecular complexity index is 607. The summed E-state index contributed by atoms with van der Waals surface area (Å²) in [5.74, 6) is 0.473. The Balaban J connectivity index is 2.41. The van der Waals surface area contributed by atoms with E-state index in [1.807, 2.05) is 13.0 Å². The van der Waals surface area contributed by atoms with Gasteiger partial charge in [-0.2, -0.15) is 0 Å². The van der Waals surface area contributed by atoms with Gasteiger partial charge in [-0.15, -0.1) is 0 Å². The van der Waals surface area contributed by atoms with Crippen LogP contribution < -0.4 is 21.8 Å². The number of nitrogens with two attached hydrogens (primary N) is 2. The maximum absolute atomic E-state index is 11.3. The summed E-state index contributed by atoms with van der Waals surface area (Å²) in [6.07, 6.45) is 1.22. The molecule has 0 bridgehead atoms. The first kappa shape index (κ1) is 11.0. The van der Waals surface area contributed by atoms with Crippen LogP contribution in [0.5, 0.6) is 11.6 Å². The third-order valence-electron chi connectivity index (χ3n) is 2.23. The van der Waals surface area contributed by atoms with Crippen molar-refractivity contribution in [2.45, 2.75) is 6.92 Å². The van der Waals surface area contributed by atoms with E-state index in [1.54, 1.807) is 12.1 Å². The molecule has 6 heteroatoms. The fourth-order valence-electron chi connectivity index (χ4n) is 1.31. The topological polar surface area (TPSA) is 107 Å². The van der Waals surface area contributed by atoms with Gasteiger partial charge in [0.1, 0.15) is 0 Å². The number of aryl methyl sites for hydroxylation is 1. The number of aromatic nitrogens is 2. The van der Waals surface area contributed by atoms with Crippen LogP contribution in [0.4, 0.5) is 11.4 Å². The lowest BCUT2D eigenvalue weighted by Crippen LogP contribution is -2.13. The monoisotopic (exact) mass is 232 g/mol. The van der Waals surface area contributed by atoms with E-state index >= 15 is 0 Å². The van der Waals surface area contributed by atoms with E-state index < -0.39 is 5.56 Å². The lowest BCUT2D eigenvalue weighted by molar-refractivity contribution is 0.465. The number of nitrogen functional groups attached to an aromatic ring is 2. The second-order valence-corrected chi connectivity index (χ2v) is 3.59. The zero-order valence-corrected chi connectivity index (χ0v) is 9.23. The van der Waals surface area contributed by atoms with Crippen molar-refractivity contribution in [1.82, 2.24) is 9.97 Å². The predicted molar refractivity (Wildman–Crippen MR) is 64.9 cm³/mol. The van der Waals surface area contributed by atoms with E-state index in [4.69, 9.17) is 16.2 Å². The predicted octanol–water partition coefficient (Wildman–Crippen LogP) is 1.04. The molecule has 0 aliphatic rings. The second kappa shape index (κ2) is 4.17. The third-order valence-corrected chi connectivity index (χ3v) is 2.23. The molecule has 0 aliphatic heterocycles. The van der Waals surface area contributed by atoms with Gasteiger partial charge < -0.3 is 21.2 Å². The SMILES string of the molecule is Cc1ccc(N)c(Oc2nc[nH]c(=O)c2N)c1. The molecule has 0 unspecified atom stereocenters. The Hall–Kier alpha value is -2.50. The summed E-state index contributed by atoms with van der Waals surface area (Å²) < 4.78 is 5.42. The molecule has 0 saturated carbocycles. The quantitative estimate of drug-likeness (QED) is 0.670. The van der Waals surface area contributed by atoms with Crippen LogP contribution >= 0.6 is 0 Å². The van der Waals surface area contributed by atoms with Crippen LogP contribution in [-0.2, 0) is 0 Å². The van der Waals surface area contributed by atoms with Gasteiger partial charge >= 0.3 is 0 Å². The summed E-state index contributed by atoms with van der Waals surface area (Å²) in [6.45, 7) is 1.90. The molecule has 0 aliphatic carbocycles. The highest BCUT2D eigenvalue weighted by Gasteiger charge is 2.09. The number of rotatable bonds is 2. The molecule has 0 amide bonds. The van der Waals surface area contributed by atoms with Gasteiger partial charge in [-0.25, -0.2) is 4.98 Å². The van der Waals surface area contributed by atoms with Gasteiger partial charge in [-0.1, -0.05) is 6.07 Å². The summed E-state index contributed by atoms with van der Waals surface area (Å²) in [6, 6.07) is 5.32. The molecule has 1 aromatic heterocycles. The zero-order valence-electron chi connectivity index (χ0n) is 9.23. The molecular formula is C11H12N4O2.